The Kier molecular flexibility index (Phi) is 5.85. The van der Waals surface area contributed by atoms with E-state index in [9.17, 15) is 4.79 Å². The Hall–Kier alpha value is -2.60. The molecule has 0 bridgehead atoms. The van der Waals surface area contributed by atoms with Crippen molar-refractivity contribution in [3.63, 3.8) is 0 Å². The maximum absolute atomic E-state index is 12.0. The van der Waals surface area contributed by atoms with Crippen LogP contribution in [0.15, 0.2) is 42.6 Å². The third-order valence-electron chi connectivity index (χ3n) is 4.07. The van der Waals surface area contributed by atoms with Gasteiger partial charge in [0, 0.05) is 13.1 Å². The van der Waals surface area contributed by atoms with Crippen LogP contribution in [0, 0.1) is 0 Å². The number of hydrogen-bond donors (Lipinski definition) is 1. The summed E-state index contributed by atoms with van der Waals surface area (Å²) in [6.45, 7) is 5.18. The summed E-state index contributed by atoms with van der Waals surface area (Å²) in [5.41, 5.74) is 1.90. The zero-order chi connectivity index (χ0) is 17.5. The van der Waals surface area contributed by atoms with E-state index in [-0.39, 0.29) is 12.5 Å². The number of hydrogen-bond acceptors (Lipinski definition) is 5. The fraction of sp³-hybridized carbons (Fsp3) is 0.368. The molecule has 0 atom stereocenters. The maximum Gasteiger partial charge on any atom is 0.262 e. The van der Waals surface area contributed by atoms with Gasteiger partial charge in [-0.2, -0.15) is 0 Å². The highest BCUT2D eigenvalue weighted by molar-refractivity contribution is 5.91. The Morgan fingerprint density at radius 1 is 1.20 bits per heavy atom. The highest BCUT2D eigenvalue weighted by Crippen LogP contribution is 2.16. The molecule has 0 radical (unpaired) electrons. The summed E-state index contributed by atoms with van der Waals surface area (Å²) in [6.07, 6.45) is 2.65. The molecule has 2 aromatic rings. The highest BCUT2D eigenvalue weighted by Gasteiger charge is 2.12. The number of benzene rings is 1. The molecule has 1 aliphatic heterocycles. The van der Waals surface area contributed by atoms with Gasteiger partial charge in [0.05, 0.1) is 25.1 Å². The molecule has 3 rings (SSSR count). The van der Waals surface area contributed by atoms with Gasteiger partial charge in [0.15, 0.2) is 6.61 Å². The normalized spacial score (nSPS) is 14.2. The van der Waals surface area contributed by atoms with Crippen LogP contribution >= 0.6 is 0 Å². The number of aryl methyl sites for hydroxylation is 1. The number of carbonyl (C=O) groups excluding carboxylic acids is 1. The molecule has 1 saturated heterocycles. The Balaban J connectivity index is 1.48. The van der Waals surface area contributed by atoms with E-state index in [1.165, 1.54) is 5.56 Å². The summed E-state index contributed by atoms with van der Waals surface area (Å²) < 4.78 is 10.8. The van der Waals surface area contributed by atoms with Crippen molar-refractivity contribution in [2.75, 3.05) is 43.1 Å². The molecule has 0 spiro atoms. The van der Waals surface area contributed by atoms with Crippen molar-refractivity contribution >= 4 is 17.4 Å². The smallest absolute Gasteiger partial charge is 0.262 e. The molecule has 0 unspecified atom stereocenters. The van der Waals surface area contributed by atoms with Crippen LogP contribution in [0.3, 0.4) is 0 Å². The zero-order valence-corrected chi connectivity index (χ0v) is 14.4. The predicted octanol–water partition coefficient (Wildman–Crippen LogP) is 2.50. The minimum Gasteiger partial charge on any atom is -0.484 e. The Bertz CT molecular complexity index is 680. The van der Waals surface area contributed by atoms with Crippen LogP contribution in [0.4, 0.5) is 11.5 Å². The van der Waals surface area contributed by atoms with E-state index in [1.807, 2.05) is 36.4 Å². The van der Waals surface area contributed by atoms with Crippen molar-refractivity contribution in [3.8, 4) is 5.75 Å². The minimum atomic E-state index is -0.208. The molecular weight excluding hydrogens is 318 g/mol. The molecule has 6 heteroatoms. The molecule has 1 aromatic carbocycles. The zero-order valence-electron chi connectivity index (χ0n) is 14.4. The van der Waals surface area contributed by atoms with Crippen molar-refractivity contribution in [1.82, 2.24) is 4.98 Å². The van der Waals surface area contributed by atoms with Crippen LogP contribution in [0.5, 0.6) is 5.75 Å². The number of nitrogens with one attached hydrogen (secondary N) is 1. The summed E-state index contributed by atoms with van der Waals surface area (Å²) in [6, 6.07) is 11.5. The molecule has 1 amide bonds. The number of anilines is 2. The number of morpholine rings is 1. The fourth-order valence-corrected chi connectivity index (χ4v) is 2.61. The van der Waals surface area contributed by atoms with Gasteiger partial charge in [-0.05, 0) is 36.2 Å². The summed E-state index contributed by atoms with van der Waals surface area (Å²) in [5, 5.41) is 2.80. The van der Waals surface area contributed by atoms with Gasteiger partial charge in [-0.3, -0.25) is 4.79 Å². The minimum absolute atomic E-state index is 0.0311. The summed E-state index contributed by atoms with van der Waals surface area (Å²) in [7, 11) is 0. The molecule has 1 aromatic heterocycles. The second-order valence-corrected chi connectivity index (χ2v) is 5.84. The van der Waals surface area contributed by atoms with E-state index < -0.39 is 0 Å². The second kappa shape index (κ2) is 8.48. The topological polar surface area (TPSA) is 63.7 Å². The molecule has 1 fully saturated rings. The van der Waals surface area contributed by atoms with Crippen LogP contribution in [0.1, 0.15) is 12.5 Å². The highest BCUT2D eigenvalue weighted by atomic mass is 16.5. The summed E-state index contributed by atoms with van der Waals surface area (Å²) in [4.78, 5) is 18.6. The third-order valence-corrected chi connectivity index (χ3v) is 4.07. The van der Waals surface area contributed by atoms with E-state index in [4.69, 9.17) is 9.47 Å². The molecule has 132 valence electrons. The van der Waals surface area contributed by atoms with Crippen LogP contribution in [-0.2, 0) is 16.0 Å². The predicted molar refractivity (Wildman–Crippen MR) is 97.2 cm³/mol. The van der Waals surface area contributed by atoms with Crippen molar-refractivity contribution in [2.45, 2.75) is 13.3 Å². The van der Waals surface area contributed by atoms with Crippen LogP contribution < -0.4 is 15.0 Å². The first kappa shape index (κ1) is 17.2. The first-order chi connectivity index (χ1) is 12.2. The van der Waals surface area contributed by atoms with E-state index >= 15 is 0 Å². The maximum atomic E-state index is 12.0. The summed E-state index contributed by atoms with van der Waals surface area (Å²) in [5.74, 6) is 1.38. The lowest BCUT2D eigenvalue weighted by molar-refractivity contribution is -0.118. The number of ether oxygens (including phenoxy) is 2. The Morgan fingerprint density at radius 2 is 1.96 bits per heavy atom. The van der Waals surface area contributed by atoms with Gasteiger partial charge in [0.1, 0.15) is 11.6 Å². The van der Waals surface area contributed by atoms with Gasteiger partial charge in [0.25, 0.3) is 5.91 Å². The van der Waals surface area contributed by atoms with E-state index in [0.717, 1.165) is 38.5 Å². The molecule has 1 aliphatic rings. The Morgan fingerprint density at radius 3 is 2.60 bits per heavy atom. The van der Waals surface area contributed by atoms with Gasteiger partial charge < -0.3 is 19.7 Å². The fourth-order valence-electron chi connectivity index (χ4n) is 2.61. The number of nitrogens with zero attached hydrogens (tertiary/aromatic N) is 2. The van der Waals surface area contributed by atoms with Gasteiger partial charge in [-0.15, -0.1) is 0 Å². The molecule has 0 aliphatic carbocycles. The number of amides is 1. The molecule has 1 N–H and O–H groups in total. The van der Waals surface area contributed by atoms with Gasteiger partial charge in [0.2, 0.25) is 0 Å². The van der Waals surface area contributed by atoms with E-state index in [0.29, 0.717) is 11.4 Å². The summed E-state index contributed by atoms with van der Waals surface area (Å²) >= 11 is 0. The van der Waals surface area contributed by atoms with Crippen molar-refractivity contribution < 1.29 is 14.3 Å². The van der Waals surface area contributed by atoms with Crippen LogP contribution in [0.25, 0.3) is 0 Å². The number of pyridine rings is 1. The average Bonchev–Trinajstić information content (AvgIpc) is 2.68. The first-order valence-electron chi connectivity index (χ1n) is 8.55. The second-order valence-electron chi connectivity index (χ2n) is 5.84. The molecular formula is C19H23N3O3. The monoisotopic (exact) mass is 341 g/mol. The molecule has 2 heterocycles. The number of carbonyl (C=O) groups is 1. The third kappa shape index (κ3) is 4.93. The lowest BCUT2D eigenvalue weighted by Gasteiger charge is -2.27. The molecule has 25 heavy (non-hydrogen) atoms. The van der Waals surface area contributed by atoms with E-state index in [1.54, 1.807) is 6.20 Å². The molecule has 0 saturated carbocycles. The average molecular weight is 341 g/mol. The lowest BCUT2D eigenvalue weighted by Crippen LogP contribution is -2.36. The quantitative estimate of drug-likeness (QED) is 0.875. The SMILES string of the molecule is CCc1ccc(OCC(=O)Nc2ccc(N3CCOCC3)nc2)cc1. The number of aromatic nitrogens is 1. The largest absolute Gasteiger partial charge is 0.484 e. The van der Waals surface area contributed by atoms with E-state index in [2.05, 4.69) is 22.1 Å². The number of rotatable bonds is 6. The van der Waals surface area contributed by atoms with Gasteiger partial charge >= 0.3 is 0 Å². The standard InChI is InChI=1S/C19H23N3O3/c1-2-15-3-6-17(7-4-15)25-14-19(23)21-16-5-8-18(20-13-16)22-9-11-24-12-10-22/h3-8,13H,2,9-12,14H2,1H3,(H,21,23). The van der Waals surface area contributed by atoms with Crippen molar-refractivity contribution in [1.29, 1.82) is 0 Å². The van der Waals surface area contributed by atoms with Crippen LogP contribution in [-0.4, -0.2) is 43.8 Å². The first-order valence-corrected chi connectivity index (χ1v) is 8.55. The van der Waals surface area contributed by atoms with Gasteiger partial charge in [-0.1, -0.05) is 19.1 Å². The van der Waals surface area contributed by atoms with Crippen molar-refractivity contribution in [2.24, 2.45) is 0 Å². The van der Waals surface area contributed by atoms with Crippen LogP contribution in [0.2, 0.25) is 0 Å². The molecule has 6 nitrogen and oxygen atoms in total. The Labute approximate surface area is 147 Å². The lowest BCUT2D eigenvalue weighted by atomic mass is 10.2. The van der Waals surface area contributed by atoms with Crippen molar-refractivity contribution in [3.05, 3.63) is 48.2 Å². The van der Waals surface area contributed by atoms with Gasteiger partial charge in [-0.25, -0.2) is 4.98 Å².